The van der Waals surface area contributed by atoms with E-state index < -0.39 is 6.10 Å². The average molecular weight is 382 g/mol. The molecule has 1 aliphatic rings. The summed E-state index contributed by atoms with van der Waals surface area (Å²) >= 11 is 0. The van der Waals surface area contributed by atoms with E-state index in [1.54, 1.807) is 35.4 Å². The van der Waals surface area contributed by atoms with Crippen molar-refractivity contribution in [3.05, 3.63) is 66.0 Å². The number of carbonyl (C=O) groups excluding carboxylic acids is 1. The highest BCUT2D eigenvalue weighted by molar-refractivity contribution is 6.06. The van der Waals surface area contributed by atoms with Crippen LogP contribution >= 0.6 is 0 Å². The first-order valence-corrected chi connectivity index (χ1v) is 8.94. The third-order valence-electron chi connectivity index (χ3n) is 4.39. The summed E-state index contributed by atoms with van der Waals surface area (Å²) in [5.74, 6) is -0.629. The van der Waals surface area contributed by atoms with Gasteiger partial charge >= 0.3 is 0 Å². The van der Waals surface area contributed by atoms with Crippen molar-refractivity contribution in [2.45, 2.75) is 32.5 Å². The number of nitrogens with one attached hydrogen (secondary N) is 1. The van der Waals surface area contributed by atoms with Gasteiger partial charge in [-0.25, -0.2) is 4.39 Å². The first kappa shape index (κ1) is 17.9. The number of hydrogen-bond donors (Lipinski definition) is 1. The predicted molar refractivity (Wildman–Crippen MR) is 100 cm³/mol. The molecule has 0 spiro atoms. The first-order chi connectivity index (χ1) is 13.6. The third kappa shape index (κ3) is 3.93. The van der Waals surface area contributed by atoms with E-state index in [4.69, 9.17) is 4.84 Å². The second-order valence-electron chi connectivity index (χ2n) is 6.46. The number of rotatable bonds is 6. The fourth-order valence-corrected chi connectivity index (χ4v) is 2.92. The summed E-state index contributed by atoms with van der Waals surface area (Å²) in [4.78, 5) is 17.7. The number of oxime groups is 1. The summed E-state index contributed by atoms with van der Waals surface area (Å²) in [5.41, 5.74) is 2.95. The second kappa shape index (κ2) is 7.63. The fraction of sp³-hybridized carbons (Fsp3) is 0.263. The molecule has 1 N–H and O–H groups in total. The van der Waals surface area contributed by atoms with Crippen molar-refractivity contribution in [3.8, 4) is 0 Å². The Kier molecular flexibility index (Phi) is 4.88. The molecule has 4 rings (SSSR count). The molecule has 1 unspecified atom stereocenters. The lowest BCUT2D eigenvalue weighted by Gasteiger charge is -2.07. The van der Waals surface area contributed by atoms with E-state index in [-0.39, 0.29) is 11.7 Å². The van der Waals surface area contributed by atoms with Gasteiger partial charge in [-0.05, 0) is 24.6 Å². The number of nitrogens with zero attached hydrogens (tertiary/aromatic N) is 5. The zero-order chi connectivity index (χ0) is 19.5. The molecule has 2 aromatic heterocycles. The molecule has 1 amide bonds. The van der Waals surface area contributed by atoms with E-state index in [0.717, 1.165) is 17.7 Å². The molecule has 0 fully saturated rings. The average Bonchev–Trinajstić information content (AvgIpc) is 3.43. The smallest absolute Gasteiger partial charge is 0.268 e. The van der Waals surface area contributed by atoms with Crippen LogP contribution < -0.4 is 5.32 Å². The molecule has 1 aliphatic heterocycles. The van der Waals surface area contributed by atoms with Crippen molar-refractivity contribution in [2.24, 2.45) is 5.16 Å². The quantitative estimate of drug-likeness (QED) is 0.709. The van der Waals surface area contributed by atoms with Crippen LogP contribution in [0.4, 0.5) is 10.1 Å². The number of aromatic nitrogens is 4. The summed E-state index contributed by atoms with van der Waals surface area (Å²) in [6.45, 7) is 3.39. The molecule has 8 nitrogen and oxygen atoms in total. The van der Waals surface area contributed by atoms with E-state index in [1.807, 2.05) is 17.8 Å². The summed E-state index contributed by atoms with van der Waals surface area (Å²) in [5, 5.41) is 15.2. The SMILES string of the molecule is CCn1cc(Cn2cc(NC(=O)C3CC(c4ccc(F)cc4)=NO3)cn2)cn1. The Bertz CT molecular complexity index is 1010. The van der Waals surface area contributed by atoms with E-state index in [9.17, 15) is 9.18 Å². The van der Waals surface area contributed by atoms with Gasteiger partial charge in [0, 0.05) is 30.9 Å². The third-order valence-corrected chi connectivity index (χ3v) is 4.39. The molecular weight excluding hydrogens is 363 g/mol. The monoisotopic (exact) mass is 382 g/mol. The van der Waals surface area contributed by atoms with Crippen LogP contribution in [0.3, 0.4) is 0 Å². The van der Waals surface area contributed by atoms with E-state index >= 15 is 0 Å². The molecule has 0 bridgehead atoms. The van der Waals surface area contributed by atoms with E-state index in [0.29, 0.717) is 24.4 Å². The molecule has 3 heterocycles. The van der Waals surface area contributed by atoms with Gasteiger partial charge in [0.25, 0.3) is 5.91 Å². The number of aryl methyl sites for hydroxylation is 1. The minimum atomic E-state index is -0.730. The maximum atomic E-state index is 13.0. The van der Waals surface area contributed by atoms with Crippen molar-refractivity contribution in [3.63, 3.8) is 0 Å². The molecule has 0 saturated carbocycles. The Morgan fingerprint density at radius 1 is 1.21 bits per heavy atom. The molecule has 0 radical (unpaired) electrons. The lowest BCUT2D eigenvalue weighted by Crippen LogP contribution is -2.27. The maximum Gasteiger partial charge on any atom is 0.268 e. The highest BCUT2D eigenvalue weighted by Gasteiger charge is 2.29. The van der Waals surface area contributed by atoms with Crippen molar-refractivity contribution in [1.82, 2.24) is 19.6 Å². The standard InChI is InChI=1S/C19H19FN6O2/c1-2-25-10-13(8-21-25)11-26-12-16(9-22-26)23-19(27)18-7-17(24-28-18)14-3-5-15(20)6-4-14/h3-6,8-10,12,18H,2,7,11H2,1H3,(H,23,27). The molecule has 144 valence electrons. The summed E-state index contributed by atoms with van der Waals surface area (Å²) in [7, 11) is 0. The Labute approximate surface area is 160 Å². The van der Waals surface area contributed by atoms with Gasteiger partial charge < -0.3 is 10.2 Å². The summed E-state index contributed by atoms with van der Waals surface area (Å²) < 4.78 is 16.6. The first-order valence-electron chi connectivity index (χ1n) is 8.94. The largest absolute Gasteiger partial charge is 0.382 e. The van der Waals surface area contributed by atoms with E-state index in [1.165, 1.54) is 12.1 Å². The zero-order valence-electron chi connectivity index (χ0n) is 15.2. The second-order valence-corrected chi connectivity index (χ2v) is 6.46. The summed E-state index contributed by atoms with van der Waals surface area (Å²) in [6.07, 6.45) is 6.68. The van der Waals surface area contributed by atoms with Crippen molar-refractivity contribution < 1.29 is 14.0 Å². The molecular formula is C19H19FN6O2. The van der Waals surface area contributed by atoms with Crippen LogP contribution in [0.5, 0.6) is 0 Å². The van der Waals surface area contributed by atoms with Gasteiger partial charge in [-0.2, -0.15) is 10.2 Å². The Morgan fingerprint density at radius 3 is 2.75 bits per heavy atom. The number of benzene rings is 1. The summed E-state index contributed by atoms with van der Waals surface area (Å²) in [6, 6.07) is 5.93. The molecule has 1 aromatic carbocycles. The lowest BCUT2D eigenvalue weighted by atomic mass is 10.0. The van der Waals surface area contributed by atoms with Gasteiger partial charge in [0.1, 0.15) is 5.82 Å². The van der Waals surface area contributed by atoms with Crippen LogP contribution in [0.2, 0.25) is 0 Å². The van der Waals surface area contributed by atoms with E-state index in [2.05, 4.69) is 20.7 Å². The maximum absolute atomic E-state index is 13.0. The molecule has 0 aliphatic carbocycles. The normalized spacial score (nSPS) is 15.9. The highest BCUT2D eigenvalue weighted by atomic mass is 19.1. The van der Waals surface area contributed by atoms with Crippen LogP contribution in [-0.4, -0.2) is 37.3 Å². The van der Waals surface area contributed by atoms with Gasteiger partial charge in [0.15, 0.2) is 0 Å². The lowest BCUT2D eigenvalue weighted by molar-refractivity contribution is -0.125. The Morgan fingerprint density at radius 2 is 2.00 bits per heavy atom. The molecule has 3 aromatic rings. The number of carbonyl (C=O) groups is 1. The van der Waals surface area contributed by atoms with Gasteiger partial charge in [-0.1, -0.05) is 17.3 Å². The molecule has 9 heteroatoms. The highest BCUT2D eigenvalue weighted by Crippen LogP contribution is 2.19. The van der Waals surface area contributed by atoms with Gasteiger partial charge in [-0.3, -0.25) is 14.2 Å². The number of halogens is 1. The van der Waals surface area contributed by atoms with Gasteiger partial charge in [0.2, 0.25) is 6.10 Å². The Balaban J connectivity index is 1.33. The minimum Gasteiger partial charge on any atom is -0.382 e. The minimum absolute atomic E-state index is 0.306. The molecule has 0 saturated heterocycles. The van der Waals surface area contributed by atoms with Crippen LogP contribution in [0.25, 0.3) is 0 Å². The van der Waals surface area contributed by atoms with Crippen LogP contribution in [0, 0.1) is 5.82 Å². The topological polar surface area (TPSA) is 86.3 Å². The van der Waals surface area contributed by atoms with Crippen LogP contribution in [0.1, 0.15) is 24.5 Å². The van der Waals surface area contributed by atoms with Crippen LogP contribution in [-0.2, 0) is 22.7 Å². The number of amides is 1. The van der Waals surface area contributed by atoms with Gasteiger partial charge in [0.05, 0.1) is 30.3 Å². The number of hydrogen-bond acceptors (Lipinski definition) is 5. The van der Waals surface area contributed by atoms with Crippen LogP contribution in [0.15, 0.2) is 54.2 Å². The molecule has 1 atom stereocenters. The molecule has 28 heavy (non-hydrogen) atoms. The predicted octanol–water partition coefficient (Wildman–Crippen LogP) is 2.42. The van der Waals surface area contributed by atoms with Crippen molar-refractivity contribution in [1.29, 1.82) is 0 Å². The van der Waals surface area contributed by atoms with Crippen molar-refractivity contribution >= 4 is 17.3 Å². The van der Waals surface area contributed by atoms with Gasteiger partial charge in [-0.15, -0.1) is 0 Å². The Hall–Kier alpha value is -3.49. The fourth-order valence-electron chi connectivity index (χ4n) is 2.92. The zero-order valence-corrected chi connectivity index (χ0v) is 15.2. The number of anilines is 1. The van der Waals surface area contributed by atoms with Crippen molar-refractivity contribution in [2.75, 3.05) is 5.32 Å².